The van der Waals surface area contributed by atoms with Crippen molar-refractivity contribution in [1.82, 2.24) is 5.32 Å². The molecule has 0 fully saturated rings. The number of hydrogen-bond donors (Lipinski definition) is 2. The topological polar surface area (TPSA) is 49.3 Å². The summed E-state index contributed by atoms with van der Waals surface area (Å²) in [4.78, 5) is 11.8. The number of hydrogen-bond acceptors (Lipinski definition) is 2. The third kappa shape index (κ3) is 5.35. The van der Waals surface area contributed by atoms with E-state index in [1.807, 2.05) is 13.8 Å². The standard InChI is InChI=1S/C14H25NO2/c1-14(2,11-16)9-6-10-15-13(17)12-7-4-3-5-8-12/h3-4,12,16H,5-11H2,1-2H3,(H,15,17). The van der Waals surface area contributed by atoms with E-state index in [2.05, 4.69) is 17.5 Å². The summed E-state index contributed by atoms with van der Waals surface area (Å²) in [5, 5.41) is 12.1. The molecule has 1 amide bonds. The first-order valence-electron chi connectivity index (χ1n) is 6.59. The molecular weight excluding hydrogens is 214 g/mol. The molecular formula is C14H25NO2. The van der Waals surface area contributed by atoms with E-state index in [0.29, 0.717) is 0 Å². The Balaban J connectivity index is 2.14. The number of nitrogens with one attached hydrogen (secondary N) is 1. The second-order valence-corrected chi connectivity index (χ2v) is 5.70. The van der Waals surface area contributed by atoms with E-state index in [9.17, 15) is 4.79 Å². The van der Waals surface area contributed by atoms with Crippen LogP contribution < -0.4 is 5.32 Å². The molecule has 1 aliphatic carbocycles. The second kappa shape index (κ2) is 6.80. The van der Waals surface area contributed by atoms with Crippen molar-refractivity contribution in [3.05, 3.63) is 12.2 Å². The van der Waals surface area contributed by atoms with Crippen LogP contribution in [-0.2, 0) is 4.79 Å². The van der Waals surface area contributed by atoms with Crippen molar-refractivity contribution in [1.29, 1.82) is 0 Å². The lowest BCUT2D eigenvalue weighted by atomic mass is 9.89. The third-order valence-electron chi connectivity index (χ3n) is 3.40. The molecule has 1 aliphatic rings. The molecule has 0 saturated heterocycles. The Labute approximate surface area is 104 Å². The lowest BCUT2D eigenvalue weighted by Crippen LogP contribution is -2.32. The maximum absolute atomic E-state index is 11.8. The van der Waals surface area contributed by atoms with Gasteiger partial charge in [-0.3, -0.25) is 4.79 Å². The van der Waals surface area contributed by atoms with Gasteiger partial charge in [0.05, 0.1) is 0 Å². The van der Waals surface area contributed by atoms with Gasteiger partial charge in [0.1, 0.15) is 0 Å². The molecule has 1 atom stereocenters. The summed E-state index contributed by atoms with van der Waals surface area (Å²) in [6, 6.07) is 0. The highest BCUT2D eigenvalue weighted by Gasteiger charge is 2.19. The lowest BCUT2D eigenvalue weighted by molar-refractivity contribution is -0.125. The molecule has 2 N–H and O–H groups in total. The molecule has 3 heteroatoms. The first-order valence-corrected chi connectivity index (χ1v) is 6.59. The number of amides is 1. The van der Waals surface area contributed by atoms with Crippen molar-refractivity contribution in [3.63, 3.8) is 0 Å². The Hall–Kier alpha value is -0.830. The molecule has 0 aromatic carbocycles. The molecule has 0 aliphatic heterocycles. The van der Waals surface area contributed by atoms with Crippen LogP contribution in [0.2, 0.25) is 0 Å². The van der Waals surface area contributed by atoms with Gasteiger partial charge < -0.3 is 10.4 Å². The van der Waals surface area contributed by atoms with E-state index in [0.717, 1.165) is 38.6 Å². The fourth-order valence-electron chi connectivity index (χ4n) is 2.03. The average molecular weight is 239 g/mol. The van der Waals surface area contributed by atoms with Crippen LogP contribution in [0.5, 0.6) is 0 Å². The van der Waals surface area contributed by atoms with E-state index in [1.165, 1.54) is 0 Å². The number of aliphatic hydroxyl groups is 1. The van der Waals surface area contributed by atoms with E-state index >= 15 is 0 Å². The second-order valence-electron chi connectivity index (χ2n) is 5.70. The quantitative estimate of drug-likeness (QED) is 0.552. The monoisotopic (exact) mass is 239 g/mol. The normalized spacial score (nSPS) is 20.3. The Bertz CT molecular complexity index is 271. The van der Waals surface area contributed by atoms with E-state index < -0.39 is 0 Å². The van der Waals surface area contributed by atoms with Crippen LogP contribution in [0.4, 0.5) is 0 Å². The molecule has 0 aromatic heterocycles. The largest absolute Gasteiger partial charge is 0.396 e. The van der Waals surface area contributed by atoms with Crippen LogP contribution in [0.3, 0.4) is 0 Å². The van der Waals surface area contributed by atoms with E-state index in [-0.39, 0.29) is 23.8 Å². The molecule has 3 nitrogen and oxygen atoms in total. The van der Waals surface area contributed by atoms with Crippen molar-refractivity contribution < 1.29 is 9.90 Å². The van der Waals surface area contributed by atoms with Gasteiger partial charge in [-0.05, 0) is 37.5 Å². The highest BCUT2D eigenvalue weighted by molar-refractivity contribution is 5.78. The lowest BCUT2D eigenvalue weighted by Gasteiger charge is -2.22. The molecule has 0 spiro atoms. The summed E-state index contributed by atoms with van der Waals surface area (Å²) in [6.45, 7) is 5.01. The van der Waals surface area contributed by atoms with Gasteiger partial charge in [0.25, 0.3) is 0 Å². The molecule has 0 radical (unpaired) electrons. The molecule has 0 aromatic rings. The van der Waals surface area contributed by atoms with Gasteiger partial charge in [-0.1, -0.05) is 26.0 Å². The highest BCUT2D eigenvalue weighted by atomic mass is 16.3. The maximum atomic E-state index is 11.8. The molecule has 17 heavy (non-hydrogen) atoms. The summed E-state index contributed by atoms with van der Waals surface area (Å²) >= 11 is 0. The van der Waals surface area contributed by atoms with Gasteiger partial charge in [-0.25, -0.2) is 0 Å². The van der Waals surface area contributed by atoms with Gasteiger partial charge in [0, 0.05) is 19.1 Å². The minimum absolute atomic E-state index is 0.0295. The molecule has 98 valence electrons. The summed E-state index contributed by atoms with van der Waals surface area (Å²) in [5.74, 6) is 0.363. The molecule has 0 bridgehead atoms. The highest BCUT2D eigenvalue weighted by Crippen LogP contribution is 2.21. The van der Waals surface area contributed by atoms with Crippen LogP contribution in [0.1, 0.15) is 46.0 Å². The SMILES string of the molecule is CC(C)(CO)CCCNC(=O)C1CC=CCC1. The summed E-state index contributed by atoms with van der Waals surface area (Å²) in [5.41, 5.74) is -0.0295. The van der Waals surface area contributed by atoms with Crippen molar-refractivity contribution in [3.8, 4) is 0 Å². The predicted molar refractivity (Wildman–Crippen MR) is 69.6 cm³/mol. The van der Waals surface area contributed by atoms with Crippen molar-refractivity contribution in [2.45, 2.75) is 46.0 Å². The van der Waals surface area contributed by atoms with Crippen molar-refractivity contribution >= 4 is 5.91 Å². The fraction of sp³-hybridized carbons (Fsp3) is 0.786. The number of rotatable bonds is 6. The van der Waals surface area contributed by atoms with E-state index in [4.69, 9.17) is 5.11 Å². The zero-order valence-electron chi connectivity index (χ0n) is 11.0. The third-order valence-corrected chi connectivity index (χ3v) is 3.40. The van der Waals surface area contributed by atoms with Gasteiger partial charge in [-0.2, -0.15) is 0 Å². The summed E-state index contributed by atoms with van der Waals surface area (Å²) < 4.78 is 0. The van der Waals surface area contributed by atoms with Crippen LogP contribution in [0, 0.1) is 11.3 Å². The summed E-state index contributed by atoms with van der Waals surface area (Å²) in [6.07, 6.45) is 9.00. The molecule has 1 rings (SSSR count). The minimum atomic E-state index is -0.0295. The Kier molecular flexibility index (Phi) is 5.69. The van der Waals surface area contributed by atoms with Crippen LogP contribution in [0.25, 0.3) is 0 Å². The van der Waals surface area contributed by atoms with Crippen LogP contribution in [-0.4, -0.2) is 24.2 Å². The molecule has 0 saturated carbocycles. The predicted octanol–water partition coefficient (Wildman–Crippen LogP) is 2.26. The van der Waals surface area contributed by atoms with E-state index in [1.54, 1.807) is 0 Å². The molecule has 1 unspecified atom stereocenters. The van der Waals surface area contributed by atoms with Gasteiger partial charge in [0.15, 0.2) is 0 Å². The Morgan fingerprint density at radius 2 is 2.24 bits per heavy atom. The van der Waals surface area contributed by atoms with Crippen molar-refractivity contribution in [2.24, 2.45) is 11.3 Å². The zero-order valence-corrected chi connectivity index (χ0v) is 11.0. The van der Waals surface area contributed by atoms with Gasteiger partial charge >= 0.3 is 0 Å². The van der Waals surface area contributed by atoms with Gasteiger partial charge in [-0.15, -0.1) is 0 Å². The zero-order chi connectivity index (χ0) is 12.7. The minimum Gasteiger partial charge on any atom is -0.396 e. The van der Waals surface area contributed by atoms with Gasteiger partial charge in [0.2, 0.25) is 5.91 Å². The maximum Gasteiger partial charge on any atom is 0.223 e. The number of allylic oxidation sites excluding steroid dienone is 2. The first kappa shape index (κ1) is 14.2. The number of carbonyl (C=O) groups is 1. The number of aliphatic hydroxyl groups excluding tert-OH is 1. The average Bonchev–Trinajstić information content (AvgIpc) is 2.35. The fourth-order valence-corrected chi connectivity index (χ4v) is 2.03. The molecule has 0 heterocycles. The van der Waals surface area contributed by atoms with Crippen molar-refractivity contribution in [2.75, 3.05) is 13.2 Å². The van der Waals surface area contributed by atoms with Crippen LogP contribution in [0.15, 0.2) is 12.2 Å². The van der Waals surface area contributed by atoms with Crippen LogP contribution >= 0.6 is 0 Å². The Morgan fingerprint density at radius 1 is 1.47 bits per heavy atom. The number of carbonyl (C=O) groups excluding carboxylic acids is 1. The summed E-state index contributed by atoms with van der Waals surface area (Å²) in [7, 11) is 0. The smallest absolute Gasteiger partial charge is 0.223 e. The Morgan fingerprint density at radius 3 is 2.82 bits per heavy atom. The first-order chi connectivity index (χ1) is 8.05.